The molecule has 1 aromatic carbocycles. The molecule has 3 aromatic rings. The first-order chi connectivity index (χ1) is 13.8. The molecule has 0 aliphatic carbocycles. The molecule has 0 unspecified atom stereocenters. The van der Waals surface area contributed by atoms with Crippen LogP contribution in [0.4, 0.5) is 10.1 Å². The van der Waals surface area contributed by atoms with Crippen molar-refractivity contribution in [2.75, 3.05) is 12.8 Å². The Balaban J connectivity index is 1.88. The van der Waals surface area contributed by atoms with Gasteiger partial charge in [0.1, 0.15) is 16.6 Å². The zero-order chi connectivity index (χ0) is 21.1. The summed E-state index contributed by atoms with van der Waals surface area (Å²) in [5.74, 6) is -1.73. The van der Waals surface area contributed by atoms with E-state index in [-0.39, 0.29) is 45.0 Å². The van der Waals surface area contributed by atoms with Gasteiger partial charge in [-0.25, -0.2) is 14.9 Å². The van der Waals surface area contributed by atoms with E-state index in [1.165, 1.54) is 25.3 Å². The van der Waals surface area contributed by atoms with E-state index in [0.29, 0.717) is 10.0 Å². The Kier molecular flexibility index (Phi) is 6.70. The Hall–Kier alpha value is -2.24. The third-order valence-electron chi connectivity index (χ3n) is 3.61. The molecule has 29 heavy (non-hydrogen) atoms. The van der Waals surface area contributed by atoms with Gasteiger partial charge in [-0.3, -0.25) is 9.63 Å². The number of hydrogen-bond donors (Lipinski definition) is 2. The van der Waals surface area contributed by atoms with Gasteiger partial charge < -0.3 is 10.5 Å². The lowest BCUT2D eigenvalue weighted by Gasteiger charge is -2.12. The highest BCUT2D eigenvalue weighted by Gasteiger charge is 2.21. The standard InChI is InChI=1S/C16H11Cl3FN5O3S/c1-27-14-7(17)3-2-6(12(14)20)9-4-8(21)11(18)13(22-9)16(26)24-28-5-10-15(19)29-25-23-10/h2-4H,5H2,1H3,(H2,21,22)(H,24,26). The largest absolute Gasteiger partial charge is 0.492 e. The smallest absolute Gasteiger partial charge is 0.295 e. The minimum Gasteiger partial charge on any atom is -0.492 e. The molecular weight excluding hydrogens is 468 g/mol. The topological polar surface area (TPSA) is 112 Å². The highest BCUT2D eigenvalue weighted by molar-refractivity contribution is 7.10. The van der Waals surface area contributed by atoms with Gasteiger partial charge in [0.15, 0.2) is 17.3 Å². The third-order valence-corrected chi connectivity index (χ3v) is 5.29. The second-order valence-electron chi connectivity index (χ2n) is 5.41. The number of ether oxygens (including phenoxy) is 1. The van der Waals surface area contributed by atoms with Crippen molar-refractivity contribution >= 4 is 57.9 Å². The third kappa shape index (κ3) is 4.51. The minimum atomic E-state index is -0.802. The maximum atomic E-state index is 14.7. The normalized spacial score (nSPS) is 10.8. The fourth-order valence-electron chi connectivity index (χ4n) is 2.26. The first-order valence-electron chi connectivity index (χ1n) is 7.70. The molecule has 2 aromatic heterocycles. The molecule has 0 atom stereocenters. The SMILES string of the molecule is COc1c(Cl)ccc(-c2cc(N)c(Cl)c(C(=O)NOCc3nnsc3Cl)n2)c1F. The molecule has 0 bridgehead atoms. The number of nitrogens with two attached hydrogens (primary N) is 1. The zero-order valence-corrected chi connectivity index (χ0v) is 17.6. The highest BCUT2D eigenvalue weighted by Crippen LogP contribution is 2.36. The Morgan fingerprint density at radius 3 is 2.76 bits per heavy atom. The minimum absolute atomic E-state index is 0.0156. The van der Waals surface area contributed by atoms with Crippen LogP contribution in [-0.2, 0) is 11.4 Å². The second-order valence-corrected chi connectivity index (χ2v) is 7.56. The van der Waals surface area contributed by atoms with E-state index in [9.17, 15) is 9.18 Å². The number of benzene rings is 1. The highest BCUT2D eigenvalue weighted by atomic mass is 35.5. The van der Waals surface area contributed by atoms with Crippen molar-refractivity contribution < 1.29 is 18.8 Å². The second kappa shape index (κ2) is 9.06. The first kappa shape index (κ1) is 21.5. The summed E-state index contributed by atoms with van der Waals surface area (Å²) < 4.78 is 23.6. The molecule has 3 rings (SSSR count). The molecule has 1 amide bonds. The molecule has 0 fully saturated rings. The fraction of sp³-hybridized carbons (Fsp3) is 0.125. The molecule has 0 saturated carbocycles. The van der Waals surface area contributed by atoms with Crippen molar-refractivity contribution in [1.29, 1.82) is 0 Å². The van der Waals surface area contributed by atoms with E-state index >= 15 is 0 Å². The van der Waals surface area contributed by atoms with Gasteiger partial charge in [-0.2, -0.15) is 0 Å². The van der Waals surface area contributed by atoms with Crippen LogP contribution in [-0.4, -0.2) is 27.6 Å². The van der Waals surface area contributed by atoms with Gasteiger partial charge in [0.2, 0.25) is 0 Å². The van der Waals surface area contributed by atoms with Gasteiger partial charge in [-0.15, -0.1) is 5.10 Å². The Bertz CT molecular complexity index is 1080. The number of pyridine rings is 1. The van der Waals surface area contributed by atoms with Crippen LogP contribution in [0.3, 0.4) is 0 Å². The summed E-state index contributed by atoms with van der Waals surface area (Å²) in [4.78, 5) is 21.6. The first-order valence-corrected chi connectivity index (χ1v) is 9.61. The lowest BCUT2D eigenvalue weighted by atomic mass is 10.1. The number of carbonyl (C=O) groups excluding carboxylic acids is 1. The number of hydrogen-bond acceptors (Lipinski definition) is 8. The lowest BCUT2D eigenvalue weighted by molar-refractivity contribution is 0.0218. The van der Waals surface area contributed by atoms with Crippen LogP contribution >= 0.6 is 46.3 Å². The molecular formula is C16H11Cl3FN5O3S. The van der Waals surface area contributed by atoms with Crippen LogP contribution in [0.25, 0.3) is 11.3 Å². The van der Waals surface area contributed by atoms with E-state index in [0.717, 1.165) is 11.5 Å². The number of carbonyl (C=O) groups is 1. The molecule has 0 aliphatic rings. The van der Waals surface area contributed by atoms with Crippen molar-refractivity contribution in [2.24, 2.45) is 0 Å². The molecule has 0 spiro atoms. The summed E-state index contributed by atoms with van der Waals surface area (Å²) in [7, 11) is 1.28. The van der Waals surface area contributed by atoms with Crippen molar-refractivity contribution in [2.45, 2.75) is 6.61 Å². The van der Waals surface area contributed by atoms with Gasteiger partial charge in [-0.1, -0.05) is 39.3 Å². The van der Waals surface area contributed by atoms with Crippen LogP contribution < -0.4 is 16.0 Å². The summed E-state index contributed by atoms with van der Waals surface area (Å²) >= 11 is 18.8. The van der Waals surface area contributed by atoms with E-state index < -0.39 is 11.7 Å². The van der Waals surface area contributed by atoms with Crippen molar-refractivity contribution in [3.8, 4) is 17.0 Å². The number of rotatable bonds is 6. The summed E-state index contributed by atoms with van der Waals surface area (Å²) in [6.07, 6.45) is 0. The maximum Gasteiger partial charge on any atom is 0.295 e. The molecule has 0 aliphatic heterocycles. The predicted molar refractivity (Wildman–Crippen MR) is 108 cm³/mol. The maximum absolute atomic E-state index is 14.7. The number of halogens is 4. The van der Waals surface area contributed by atoms with Crippen molar-refractivity contribution in [1.82, 2.24) is 20.1 Å². The van der Waals surface area contributed by atoms with Gasteiger partial charge in [0.25, 0.3) is 5.91 Å². The number of nitrogens with one attached hydrogen (secondary N) is 1. The van der Waals surface area contributed by atoms with Crippen LogP contribution in [0.2, 0.25) is 14.4 Å². The molecule has 0 saturated heterocycles. The van der Waals surface area contributed by atoms with Gasteiger partial charge >= 0.3 is 0 Å². The van der Waals surface area contributed by atoms with Crippen LogP contribution in [0.5, 0.6) is 5.75 Å². The summed E-state index contributed by atoms with van der Waals surface area (Å²) in [5, 5.41) is 3.70. The number of nitrogens with zero attached hydrogens (tertiary/aromatic N) is 3. The number of amides is 1. The van der Waals surface area contributed by atoms with Crippen molar-refractivity contribution in [3.05, 3.63) is 49.8 Å². The van der Waals surface area contributed by atoms with Crippen molar-refractivity contribution in [3.63, 3.8) is 0 Å². The number of methoxy groups -OCH3 is 1. The number of hydroxylamine groups is 1. The lowest BCUT2D eigenvalue weighted by Crippen LogP contribution is -2.25. The molecule has 3 N–H and O–H groups in total. The Morgan fingerprint density at radius 1 is 1.34 bits per heavy atom. The zero-order valence-electron chi connectivity index (χ0n) is 14.5. The Morgan fingerprint density at radius 2 is 2.10 bits per heavy atom. The quantitative estimate of drug-likeness (QED) is 0.512. The monoisotopic (exact) mass is 477 g/mol. The van der Waals surface area contributed by atoms with Gasteiger partial charge in [0, 0.05) is 17.1 Å². The molecule has 2 heterocycles. The van der Waals surface area contributed by atoms with E-state index in [4.69, 9.17) is 50.1 Å². The Labute approximate surface area is 182 Å². The fourth-order valence-corrected chi connectivity index (χ4v) is 3.26. The summed E-state index contributed by atoms with van der Waals surface area (Å²) in [5.41, 5.74) is 8.19. The van der Waals surface area contributed by atoms with Gasteiger partial charge in [0.05, 0.1) is 28.5 Å². The number of nitrogen functional groups attached to an aromatic ring is 1. The summed E-state index contributed by atoms with van der Waals surface area (Å²) in [6.45, 7) is -0.128. The van der Waals surface area contributed by atoms with Crippen LogP contribution in [0.1, 0.15) is 16.2 Å². The molecule has 0 radical (unpaired) electrons. The van der Waals surface area contributed by atoms with E-state index in [1.54, 1.807) is 0 Å². The van der Waals surface area contributed by atoms with Crippen LogP contribution in [0, 0.1) is 5.82 Å². The average molecular weight is 479 g/mol. The molecule has 13 heteroatoms. The number of aromatic nitrogens is 3. The van der Waals surface area contributed by atoms with E-state index in [2.05, 4.69) is 20.1 Å². The average Bonchev–Trinajstić information content (AvgIpc) is 3.09. The molecule has 8 nitrogen and oxygen atoms in total. The van der Waals surface area contributed by atoms with Gasteiger partial charge in [-0.05, 0) is 18.2 Å². The molecule has 152 valence electrons. The summed E-state index contributed by atoms with van der Waals surface area (Å²) in [6, 6.07) is 4.14. The van der Waals surface area contributed by atoms with E-state index in [1.807, 2.05) is 0 Å². The predicted octanol–water partition coefficient (Wildman–Crippen LogP) is 4.15. The number of anilines is 1. The van der Waals surface area contributed by atoms with Crippen LogP contribution in [0.15, 0.2) is 18.2 Å².